The maximum absolute atomic E-state index is 12.3. The lowest BCUT2D eigenvalue weighted by Gasteiger charge is -2.17. The largest absolute Gasteiger partial charge is 0.326 e. The molecule has 0 saturated carbocycles. The summed E-state index contributed by atoms with van der Waals surface area (Å²) in [5.74, 6) is 0. The highest BCUT2D eigenvalue weighted by atomic mass is 35.5. The summed E-state index contributed by atoms with van der Waals surface area (Å²) >= 11 is 11.7. The Morgan fingerprint density at radius 2 is 2.00 bits per heavy atom. The fraction of sp³-hybridized carbons (Fsp3) is 0.400. The smallest absolute Gasteiger partial charge is 0.244 e. The molecule has 0 unspecified atom stereocenters. The van der Waals surface area contributed by atoms with Crippen LogP contribution < -0.4 is 5.73 Å². The highest BCUT2D eigenvalue weighted by Gasteiger charge is 2.32. The van der Waals surface area contributed by atoms with Crippen molar-refractivity contribution in [3.63, 3.8) is 0 Å². The predicted molar refractivity (Wildman–Crippen MR) is 75.1 cm³/mol. The molecule has 1 fully saturated rings. The van der Waals surface area contributed by atoms with Gasteiger partial charge in [-0.05, 0) is 18.6 Å². The molecule has 0 aliphatic carbocycles. The molecular formula is C10H13Cl3N2O2S. The van der Waals surface area contributed by atoms with E-state index in [0.717, 1.165) is 0 Å². The van der Waals surface area contributed by atoms with Crippen molar-refractivity contribution in [3.8, 4) is 0 Å². The molecule has 0 aromatic heterocycles. The first kappa shape index (κ1) is 16.0. The standard InChI is InChI=1S/C10H12Cl2N2O2S.ClH/c11-8-2-1-3-9(10(8)12)17(15,16)14-5-4-7(13)6-14;/h1-3,7H,4-6,13H2;1H/t7-;/m0./s1. The van der Waals surface area contributed by atoms with Crippen molar-refractivity contribution in [2.75, 3.05) is 13.1 Å². The first-order chi connectivity index (χ1) is 7.93. The third-order valence-electron chi connectivity index (χ3n) is 2.72. The van der Waals surface area contributed by atoms with Gasteiger partial charge in [-0.3, -0.25) is 0 Å². The molecule has 2 rings (SSSR count). The maximum Gasteiger partial charge on any atom is 0.244 e. The zero-order chi connectivity index (χ0) is 12.6. The van der Waals surface area contributed by atoms with E-state index in [-0.39, 0.29) is 33.4 Å². The maximum atomic E-state index is 12.3. The fourth-order valence-corrected chi connectivity index (χ4v) is 4.04. The highest BCUT2D eigenvalue weighted by molar-refractivity contribution is 7.89. The van der Waals surface area contributed by atoms with Crippen molar-refractivity contribution in [3.05, 3.63) is 28.2 Å². The van der Waals surface area contributed by atoms with Crippen LogP contribution in [0.2, 0.25) is 10.0 Å². The van der Waals surface area contributed by atoms with Gasteiger partial charge in [-0.1, -0.05) is 29.3 Å². The van der Waals surface area contributed by atoms with Crippen LogP contribution in [0.4, 0.5) is 0 Å². The number of sulfonamides is 1. The first-order valence-electron chi connectivity index (χ1n) is 5.12. The van der Waals surface area contributed by atoms with E-state index in [0.29, 0.717) is 19.5 Å². The van der Waals surface area contributed by atoms with Crippen molar-refractivity contribution in [2.45, 2.75) is 17.4 Å². The number of hydrogen-bond donors (Lipinski definition) is 1. The van der Waals surface area contributed by atoms with E-state index in [1.807, 2.05) is 0 Å². The Labute approximate surface area is 123 Å². The third kappa shape index (κ3) is 2.92. The van der Waals surface area contributed by atoms with Gasteiger partial charge in [0.15, 0.2) is 0 Å². The molecule has 102 valence electrons. The molecule has 1 saturated heterocycles. The molecule has 4 nitrogen and oxygen atoms in total. The first-order valence-corrected chi connectivity index (χ1v) is 7.32. The molecule has 0 bridgehead atoms. The van der Waals surface area contributed by atoms with E-state index >= 15 is 0 Å². The van der Waals surface area contributed by atoms with Crippen molar-refractivity contribution < 1.29 is 8.42 Å². The van der Waals surface area contributed by atoms with Crippen LogP contribution in [0, 0.1) is 0 Å². The Kier molecular flexibility index (Phi) is 5.29. The van der Waals surface area contributed by atoms with Gasteiger partial charge in [-0.2, -0.15) is 4.31 Å². The predicted octanol–water partition coefficient (Wildman–Crippen LogP) is 2.14. The summed E-state index contributed by atoms with van der Waals surface area (Å²) in [4.78, 5) is 0.0424. The van der Waals surface area contributed by atoms with Gasteiger partial charge in [-0.15, -0.1) is 12.4 Å². The number of hydrogen-bond acceptors (Lipinski definition) is 3. The van der Waals surface area contributed by atoms with Crippen LogP contribution in [0.5, 0.6) is 0 Å². The van der Waals surface area contributed by atoms with Gasteiger partial charge in [0.1, 0.15) is 4.90 Å². The van der Waals surface area contributed by atoms with Crippen LogP contribution in [0.3, 0.4) is 0 Å². The number of halogens is 3. The summed E-state index contributed by atoms with van der Waals surface area (Å²) in [6.45, 7) is 0.748. The van der Waals surface area contributed by atoms with Crippen LogP contribution in [0.1, 0.15) is 6.42 Å². The zero-order valence-electron chi connectivity index (χ0n) is 9.34. The van der Waals surface area contributed by atoms with Gasteiger partial charge in [0.2, 0.25) is 10.0 Å². The molecule has 1 heterocycles. The van der Waals surface area contributed by atoms with Crippen molar-refractivity contribution in [1.82, 2.24) is 4.31 Å². The van der Waals surface area contributed by atoms with Gasteiger partial charge in [0.25, 0.3) is 0 Å². The van der Waals surface area contributed by atoms with Crippen LogP contribution in [0.25, 0.3) is 0 Å². The number of rotatable bonds is 2. The lowest BCUT2D eigenvalue weighted by atomic mass is 10.3. The molecule has 1 aromatic carbocycles. The molecule has 1 aliphatic heterocycles. The van der Waals surface area contributed by atoms with Gasteiger partial charge < -0.3 is 5.73 Å². The van der Waals surface area contributed by atoms with Crippen molar-refractivity contribution in [1.29, 1.82) is 0 Å². The normalized spacial score (nSPS) is 20.7. The van der Waals surface area contributed by atoms with E-state index in [9.17, 15) is 8.42 Å². The number of nitrogens with zero attached hydrogens (tertiary/aromatic N) is 1. The molecule has 1 aliphatic rings. The second-order valence-corrected chi connectivity index (χ2v) is 6.66. The van der Waals surface area contributed by atoms with Crippen LogP contribution in [-0.4, -0.2) is 31.9 Å². The minimum Gasteiger partial charge on any atom is -0.326 e. The zero-order valence-corrected chi connectivity index (χ0v) is 12.5. The summed E-state index contributed by atoms with van der Waals surface area (Å²) < 4.78 is 25.9. The molecule has 18 heavy (non-hydrogen) atoms. The average molecular weight is 332 g/mol. The third-order valence-corrected chi connectivity index (χ3v) is 5.56. The molecule has 2 N–H and O–H groups in total. The Morgan fingerprint density at radius 1 is 1.33 bits per heavy atom. The molecule has 1 atom stereocenters. The van der Waals surface area contributed by atoms with Gasteiger partial charge in [0.05, 0.1) is 10.0 Å². The second kappa shape index (κ2) is 5.94. The van der Waals surface area contributed by atoms with Crippen molar-refractivity contribution in [2.24, 2.45) is 5.73 Å². The highest BCUT2D eigenvalue weighted by Crippen LogP contribution is 2.31. The van der Waals surface area contributed by atoms with Gasteiger partial charge in [-0.25, -0.2) is 8.42 Å². The van der Waals surface area contributed by atoms with Gasteiger partial charge >= 0.3 is 0 Å². The second-order valence-electron chi connectivity index (χ2n) is 3.96. The molecular weight excluding hydrogens is 319 g/mol. The lowest BCUT2D eigenvalue weighted by Crippen LogP contribution is -2.32. The molecule has 1 aromatic rings. The lowest BCUT2D eigenvalue weighted by molar-refractivity contribution is 0.472. The van der Waals surface area contributed by atoms with Crippen molar-refractivity contribution >= 4 is 45.6 Å². The quantitative estimate of drug-likeness (QED) is 0.903. The Bertz CT molecular complexity index is 536. The van der Waals surface area contributed by atoms with E-state index in [1.165, 1.54) is 10.4 Å². The topological polar surface area (TPSA) is 63.4 Å². The molecule has 0 radical (unpaired) electrons. The van der Waals surface area contributed by atoms with E-state index in [1.54, 1.807) is 12.1 Å². The Balaban J connectivity index is 0.00000162. The SMILES string of the molecule is Cl.N[C@H]1CCN(S(=O)(=O)c2cccc(Cl)c2Cl)C1. The van der Waals surface area contributed by atoms with Crippen LogP contribution >= 0.6 is 35.6 Å². The Hall–Kier alpha value is -0.0400. The fourth-order valence-electron chi connectivity index (χ4n) is 1.79. The summed E-state index contributed by atoms with van der Waals surface area (Å²) in [7, 11) is -3.59. The van der Waals surface area contributed by atoms with Crippen LogP contribution in [0.15, 0.2) is 23.1 Å². The minimum absolute atomic E-state index is 0. The summed E-state index contributed by atoms with van der Waals surface area (Å²) in [6, 6.07) is 4.46. The summed E-state index contributed by atoms with van der Waals surface area (Å²) in [5, 5.41) is 0.297. The van der Waals surface area contributed by atoms with E-state index in [2.05, 4.69) is 0 Å². The molecule has 0 spiro atoms. The summed E-state index contributed by atoms with van der Waals surface area (Å²) in [5.41, 5.74) is 5.70. The van der Waals surface area contributed by atoms with E-state index < -0.39 is 10.0 Å². The molecule has 8 heteroatoms. The molecule has 0 amide bonds. The Morgan fingerprint density at radius 3 is 2.56 bits per heavy atom. The monoisotopic (exact) mass is 330 g/mol. The minimum atomic E-state index is -3.59. The van der Waals surface area contributed by atoms with Crippen LogP contribution in [-0.2, 0) is 10.0 Å². The number of benzene rings is 1. The summed E-state index contributed by atoms with van der Waals surface area (Å²) in [6.07, 6.45) is 0.664. The number of nitrogens with two attached hydrogens (primary N) is 1. The van der Waals surface area contributed by atoms with E-state index in [4.69, 9.17) is 28.9 Å². The average Bonchev–Trinajstić information content (AvgIpc) is 2.69. The van der Waals surface area contributed by atoms with Gasteiger partial charge in [0, 0.05) is 19.1 Å².